The average molecular weight is 420 g/mol. The summed E-state index contributed by atoms with van der Waals surface area (Å²) in [6.45, 7) is 6.59. The second-order valence-electron chi connectivity index (χ2n) is 5.99. The predicted octanol–water partition coefficient (Wildman–Crippen LogP) is 5.42. The molecule has 0 spiro atoms. The van der Waals surface area contributed by atoms with Gasteiger partial charge in [0.05, 0.1) is 0 Å². The molecule has 0 aliphatic carbocycles. The zero-order valence-corrected chi connectivity index (χ0v) is 16.2. The Morgan fingerprint density at radius 2 is 1.48 bits per heavy atom. The fourth-order valence-corrected chi connectivity index (χ4v) is 2.49. The summed E-state index contributed by atoms with van der Waals surface area (Å²) in [5.41, 5.74) is 1.26. The molecule has 0 atom stereocenters. The van der Waals surface area contributed by atoms with Crippen LogP contribution in [0.4, 0.5) is 4.39 Å². The van der Waals surface area contributed by atoms with E-state index in [1.165, 1.54) is 12.1 Å². The summed E-state index contributed by atoms with van der Waals surface area (Å²) < 4.78 is 34.9. The van der Waals surface area contributed by atoms with Crippen molar-refractivity contribution >= 4 is 11.9 Å². The highest BCUT2D eigenvalue weighted by Crippen LogP contribution is 2.31. The van der Waals surface area contributed by atoms with Crippen LogP contribution in [0.3, 0.4) is 0 Å². The highest BCUT2D eigenvalue weighted by atomic mass is 19.1. The van der Waals surface area contributed by atoms with E-state index in [1.807, 2.05) is 0 Å². The Balaban J connectivity index is 1.70. The maximum atomic E-state index is 14.3. The first-order chi connectivity index (χ1) is 15.0. The number of hydrogen-bond acceptors (Lipinski definition) is 6. The molecule has 0 fully saturated rings. The van der Waals surface area contributed by atoms with Gasteiger partial charge in [0.2, 0.25) is 0 Å². The van der Waals surface area contributed by atoms with Gasteiger partial charge in [0.15, 0.2) is 11.6 Å². The van der Waals surface area contributed by atoms with Gasteiger partial charge in [-0.3, -0.25) is 0 Å². The number of rotatable bonds is 8. The Labute approximate surface area is 177 Å². The Bertz CT molecular complexity index is 1140. The third-order valence-corrected chi connectivity index (χ3v) is 3.95. The van der Waals surface area contributed by atoms with Crippen LogP contribution in [0.5, 0.6) is 11.5 Å². The molecule has 0 unspecified atom stereocenters. The van der Waals surface area contributed by atoms with Gasteiger partial charge in [-0.1, -0.05) is 13.2 Å². The molecule has 3 aromatic rings. The first-order valence-corrected chi connectivity index (χ1v) is 8.99. The van der Waals surface area contributed by atoms with Crippen LogP contribution in [0.15, 0.2) is 96.8 Å². The van der Waals surface area contributed by atoms with Crippen molar-refractivity contribution in [2.24, 2.45) is 0 Å². The minimum Gasteiger partial charge on any atom is -0.459 e. The molecule has 1 aromatic heterocycles. The fourth-order valence-electron chi connectivity index (χ4n) is 2.49. The van der Waals surface area contributed by atoms with Crippen molar-refractivity contribution in [3.8, 4) is 34.1 Å². The molecule has 156 valence electrons. The van der Waals surface area contributed by atoms with Crippen LogP contribution in [0.1, 0.15) is 0 Å². The largest absolute Gasteiger partial charge is 0.459 e. The zero-order valence-electron chi connectivity index (χ0n) is 16.2. The van der Waals surface area contributed by atoms with Crippen molar-refractivity contribution in [2.75, 3.05) is 0 Å². The van der Waals surface area contributed by atoms with Crippen LogP contribution in [0, 0.1) is 5.82 Å². The van der Waals surface area contributed by atoms with Crippen LogP contribution in [0.2, 0.25) is 0 Å². The van der Waals surface area contributed by atoms with Crippen molar-refractivity contribution in [3.63, 3.8) is 0 Å². The average Bonchev–Trinajstić information content (AvgIpc) is 3.28. The summed E-state index contributed by atoms with van der Waals surface area (Å²) in [7, 11) is 0. The van der Waals surface area contributed by atoms with Gasteiger partial charge in [0.1, 0.15) is 29.8 Å². The molecular weight excluding hydrogens is 403 g/mol. The number of ether oxygens (including phenoxy) is 3. The second-order valence-corrected chi connectivity index (χ2v) is 5.99. The van der Waals surface area contributed by atoms with Gasteiger partial charge >= 0.3 is 11.9 Å². The Kier molecular flexibility index (Phi) is 6.80. The van der Waals surface area contributed by atoms with Crippen LogP contribution < -0.4 is 9.47 Å². The maximum Gasteiger partial charge on any atom is 0.335 e. The normalized spacial score (nSPS) is 10.5. The summed E-state index contributed by atoms with van der Waals surface area (Å²) in [6, 6.07) is 14.5. The number of carbonyl (C=O) groups is 2. The monoisotopic (exact) mass is 420 g/mol. The van der Waals surface area contributed by atoms with Crippen molar-refractivity contribution < 1.29 is 32.6 Å². The molecule has 6 nitrogen and oxygen atoms in total. The van der Waals surface area contributed by atoms with Gasteiger partial charge in [-0.15, -0.1) is 0 Å². The molecule has 3 rings (SSSR count). The smallest absolute Gasteiger partial charge is 0.335 e. The van der Waals surface area contributed by atoms with E-state index in [-0.39, 0.29) is 5.75 Å². The molecule has 0 N–H and O–H groups in total. The van der Waals surface area contributed by atoms with E-state index >= 15 is 0 Å². The second kappa shape index (κ2) is 9.89. The van der Waals surface area contributed by atoms with Crippen LogP contribution in [0.25, 0.3) is 22.6 Å². The third kappa shape index (κ3) is 5.57. The van der Waals surface area contributed by atoms with Crippen LogP contribution in [-0.2, 0) is 14.3 Å². The van der Waals surface area contributed by atoms with Crippen LogP contribution >= 0.6 is 0 Å². The van der Waals surface area contributed by atoms with Gasteiger partial charge in [-0.25, -0.2) is 14.0 Å². The molecule has 0 aliphatic rings. The van der Waals surface area contributed by atoms with E-state index in [9.17, 15) is 14.0 Å². The lowest BCUT2D eigenvalue weighted by atomic mass is 10.1. The third-order valence-electron chi connectivity index (χ3n) is 3.95. The van der Waals surface area contributed by atoms with Crippen LogP contribution in [-0.4, -0.2) is 11.9 Å². The number of esters is 2. The molecular formula is C24H17FO6. The Morgan fingerprint density at radius 1 is 0.839 bits per heavy atom. The van der Waals surface area contributed by atoms with Crippen molar-refractivity contribution in [1.29, 1.82) is 0 Å². The van der Waals surface area contributed by atoms with Gasteiger partial charge in [-0.2, -0.15) is 0 Å². The first kappa shape index (κ1) is 21.3. The fraction of sp³-hybridized carbons (Fsp3) is 0. The predicted molar refractivity (Wildman–Crippen MR) is 111 cm³/mol. The Morgan fingerprint density at radius 3 is 2.13 bits per heavy atom. The standard InChI is InChI=1S/C24H17FO6/c1-3-23(26)29-14-13-28-22-10-7-17(15-19(22)25)21-12-11-20(31-21)16-5-8-18(9-6-16)30-24(27)4-2/h3-15H,1-2H2/b14-13-. The van der Waals surface area contributed by atoms with E-state index in [1.54, 1.807) is 42.5 Å². The quantitative estimate of drug-likeness (QED) is 0.210. The van der Waals surface area contributed by atoms with E-state index in [0.717, 1.165) is 30.2 Å². The van der Waals surface area contributed by atoms with Gasteiger partial charge in [0, 0.05) is 23.3 Å². The van der Waals surface area contributed by atoms with Crippen molar-refractivity contribution in [2.45, 2.75) is 0 Å². The number of benzene rings is 2. The summed E-state index contributed by atoms with van der Waals surface area (Å²) in [5, 5.41) is 0. The molecule has 2 aromatic carbocycles. The van der Waals surface area contributed by atoms with E-state index < -0.39 is 17.8 Å². The lowest BCUT2D eigenvalue weighted by molar-refractivity contribution is -0.132. The van der Waals surface area contributed by atoms with Crippen molar-refractivity contribution in [3.05, 3.63) is 98.2 Å². The molecule has 0 radical (unpaired) electrons. The first-order valence-electron chi connectivity index (χ1n) is 8.99. The van der Waals surface area contributed by atoms with Gasteiger partial charge in [0.25, 0.3) is 0 Å². The molecule has 0 saturated heterocycles. The summed E-state index contributed by atoms with van der Waals surface area (Å²) in [4.78, 5) is 22.1. The minimum atomic E-state index is -0.656. The number of halogens is 1. The van der Waals surface area contributed by atoms with Gasteiger partial charge in [-0.05, 0) is 54.6 Å². The lowest BCUT2D eigenvalue weighted by Gasteiger charge is -2.04. The molecule has 7 heteroatoms. The highest BCUT2D eigenvalue weighted by molar-refractivity contribution is 5.83. The molecule has 0 saturated carbocycles. The molecule has 1 heterocycles. The summed E-state index contributed by atoms with van der Waals surface area (Å²) in [5.74, 6) is -0.476. The molecule has 0 aliphatic heterocycles. The van der Waals surface area contributed by atoms with Gasteiger partial charge < -0.3 is 18.6 Å². The Hall–Kier alpha value is -4.39. The summed E-state index contributed by atoms with van der Waals surface area (Å²) in [6.07, 6.45) is 4.10. The summed E-state index contributed by atoms with van der Waals surface area (Å²) >= 11 is 0. The zero-order chi connectivity index (χ0) is 22.2. The molecule has 0 bridgehead atoms. The molecule has 31 heavy (non-hydrogen) atoms. The SMILES string of the molecule is C=CC(=O)O/C=C\Oc1ccc(-c2ccc(-c3ccc(OC(=O)C=C)cc3)o2)cc1F. The highest BCUT2D eigenvalue weighted by Gasteiger charge is 2.11. The number of carbonyl (C=O) groups excluding carboxylic acids is 2. The lowest BCUT2D eigenvalue weighted by Crippen LogP contribution is -2.02. The molecule has 0 amide bonds. The van der Waals surface area contributed by atoms with E-state index in [0.29, 0.717) is 22.8 Å². The number of hydrogen-bond donors (Lipinski definition) is 0. The number of furan rings is 1. The van der Waals surface area contributed by atoms with Crippen molar-refractivity contribution in [1.82, 2.24) is 0 Å². The maximum absolute atomic E-state index is 14.3. The topological polar surface area (TPSA) is 75.0 Å². The van der Waals surface area contributed by atoms with E-state index in [2.05, 4.69) is 17.9 Å². The minimum absolute atomic E-state index is 0.0499. The van der Waals surface area contributed by atoms with E-state index in [4.69, 9.17) is 13.9 Å².